The van der Waals surface area contributed by atoms with Crippen molar-refractivity contribution in [2.45, 2.75) is 19.4 Å². The van der Waals surface area contributed by atoms with Crippen molar-refractivity contribution >= 4 is 16.9 Å². The van der Waals surface area contributed by atoms with Crippen molar-refractivity contribution in [1.82, 2.24) is 20.2 Å². The van der Waals surface area contributed by atoms with Gasteiger partial charge >= 0.3 is 0 Å². The number of benzene rings is 1. The van der Waals surface area contributed by atoms with Crippen LogP contribution in [-0.2, 0) is 17.8 Å². The lowest BCUT2D eigenvalue weighted by molar-refractivity contribution is -0.130. The van der Waals surface area contributed by atoms with E-state index in [4.69, 9.17) is 0 Å². The molecule has 22 heavy (non-hydrogen) atoms. The molecule has 3 rings (SSSR count). The minimum atomic E-state index is 0.107. The minimum Gasteiger partial charge on any atom is -0.341 e. The number of aryl methyl sites for hydroxylation is 1. The molecule has 0 saturated carbocycles. The van der Waals surface area contributed by atoms with Gasteiger partial charge in [0.25, 0.3) is 0 Å². The van der Waals surface area contributed by atoms with E-state index in [9.17, 15) is 4.79 Å². The zero-order valence-corrected chi connectivity index (χ0v) is 12.3. The molecule has 0 saturated heterocycles. The predicted octanol–water partition coefficient (Wildman–Crippen LogP) is 2.21. The van der Waals surface area contributed by atoms with Gasteiger partial charge in [0.2, 0.25) is 5.91 Å². The number of aromatic nitrogens is 3. The van der Waals surface area contributed by atoms with Gasteiger partial charge in [0.15, 0.2) is 0 Å². The number of hydrogen-bond donors (Lipinski definition) is 0. The molecule has 0 radical (unpaired) electrons. The van der Waals surface area contributed by atoms with Crippen molar-refractivity contribution in [2.75, 3.05) is 7.05 Å². The number of rotatable bonds is 5. The van der Waals surface area contributed by atoms with E-state index < -0.39 is 0 Å². The van der Waals surface area contributed by atoms with Gasteiger partial charge in [0.05, 0.1) is 0 Å². The van der Waals surface area contributed by atoms with Gasteiger partial charge in [-0.1, -0.05) is 6.07 Å². The van der Waals surface area contributed by atoms with Crippen LogP contribution in [-0.4, -0.2) is 33.2 Å². The molecule has 6 nitrogen and oxygen atoms in total. The molecule has 112 valence electrons. The molecule has 2 heterocycles. The highest BCUT2D eigenvalue weighted by Crippen LogP contribution is 2.13. The maximum atomic E-state index is 12.2. The van der Waals surface area contributed by atoms with Crippen molar-refractivity contribution in [1.29, 1.82) is 0 Å². The van der Waals surface area contributed by atoms with Gasteiger partial charge in [0, 0.05) is 32.4 Å². The molecular formula is C16H16N4O2. The smallest absolute Gasteiger partial charge is 0.222 e. The Hall–Kier alpha value is -2.76. The van der Waals surface area contributed by atoms with E-state index in [0.29, 0.717) is 18.5 Å². The van der Waals surface area contributed by atoms with Crippen molar-refractivity contribution in [3.8, 4) is 0 Å². The molecule has 0 bridgehead atoms. The third kappa shape index (κ3) is 3.28. The van der Waals surface area contributed by atoms with Crippen molar-refractivity contribution in [3.05, 3.63) is 53.9 Å². The number of fused-ring (bicyclic) bond motifs is 1. The van der Waals surface area contributed by atoms with Crippen LogP contribution in [0.5, 0.6) is 0 Å². The van der Waals surface area contributed by atoms with Crippen LogP contribution in [0.15, 0.2) is 47.4 Å². The predicted molar refractivity (Wildman–Crippen MR) is 80.8 cm³/mol. The van der Waals surface area contributed by atoms with Gasteiger partial charge in [-0.05, 0) is 52.1 Å². The Labute approximate surface area is 127 Å². The van der Waals surface area contributed by atoms with E-state index in [2.05, 4.69) is 19.9 Å². The van der Waals surface area contributed by atoms with Gasteiger partial charge in [-0.2, -0.15) is 0 Å². The van der Waals surface area contributed by atoms with Crippen LogP contribution in [0, 0.1) is 0 Å². The van der Waals surface area contributed by atoms with E-state index in [1.54, 1.807) is 24.3 Å². The van der Waals surface area contributed by atoms with Gasteiger partial charge in [-0.3, -0.25) is 9.78 Å². The molecule has 1 amide bonds. The maximum absolute atomic E-state index is 12.2. The van der Waals surface area contributed by atoms with Gasteiger partial charge in [-0.25, -0.2) is 4.63 Å². The van der Waals surface area contributed by atoms with Crippen LogP contribution in [0.25, 0.3) is 11.0 Å². The van der Waals surface area contributed by atoms with E-state index in [1.807, 2.05) is 30.3 Å². The molecule has 0 fully saturated rings. The molecule has 0 aliphatic rings. The number of carbonyl (C=O) groups is 1. The molecule has 0 N–H and O–H groups in total. The molecule has 0 aliphatic heterocycles. The first-order chi connectivity index (χ1) is 10.7. The second kappa shape index (κ2) is 6.34. The summed E-state index contributed by atoms with van der Waals surface area (Å²) in [5.41, 5.74) is 3.54. The van der Waals surface area contributed by atoms with E-state index in [0.717, 1.165) is 23.1 Å². The van der Waals surface area contributed by atoms with Crippen LogP contribution in [0.4, 0.5) is 0 Å². The summed E-state index contributed by atoms with van der Waals surface area (Å²) in [6.45, 7) is 0.540. The fourth-order valence-electron chi connectivity index (χ4n) is 2.28. The van der Waals surface area contributed by atoms with Crippen LogP contribution in [0.2, 0.25) is 0 Å². The summed E-state index contributed by atoms with van der Waals surface area (Å²) in [4.78, 5) is 17.9. The zero-order chi connectivity index (χ0) is 15.4. The fraction of sp³-hybridized carbons (Fsp3) is 0.250. The first-order valence-corrected chi connectivity index (χ1v) is 7.06. The summed E-state index contributed by atoms with van der Waals surface area (Å²) in [6, 6.07) is 9.52. The quantitative estimate of drug-likeness (QED) is 0.722. The van der Waals surface area contributed by atoms with Crippen LogP contribution >= 0.6 is 0 Å². The van der Waals surface area contributed by atoms with Crippen LogP contribution in [0.1, 0.15) is 17.5 Å². The highest BCUT2D eigenvalue weighted by molar-refractivity contribution is 5.77. The molecule has 0 atom stereocenters. The molecule has 0 unspecified atom stereocenters. The summed E-state index contributed by atoms with van der Waals surface area (Å²) >= 11 is 0. The highest BCUT2D eigenvalue weighted by atomic mass is 16.6. The largest absolute Gasteiger partial charge is 0.341 e. The lowest BCUT2D eigenvalue weighted by atomic mass is 10.1. The second-order valence-corrected chi connectivity index (χ2v) is 5.19. The Morgan fingerprint density at radius 1 is 1.09 bits per heavy atom. The Morgan fingerprint density at radius 3 is 2.68 bits per heavy atom. The van der Waals surface area contributed by atoms with Gasteiger partial charge < -0.3 is 4.90 Å². The molecular weight excluding hydrogens is 280 g/mol. The number of pyridine rings is 1. The van der Waals surface area contributed by atoms with E-state index >= 15 is 0 Å². The molecule has 2 aromatic heterocycles. The average Bonchev–Trinajstić information content (AvgIpc) is 3.01. The monoisotopic (exact) mass is 296 g/mol. The molecule has 6 heteroatoms. The zero-order valence-electron chi connectivity index (χ0n) is 12.3. The summed E-state index contributed by atoms with van der Waals surface area (Å²) in [6.07, 6.45) is 4.68. The van der Waals surface area contributed by atoms with E-state index in [-0.39, 0.29) is 5.91 Å². The van der Waals surface area contributed by atoms with Crippen LogP contribution in [0.3, 0.4) is 0 Å². The summed E-state index contributed by atoms with van der Waals surface area (Å²) < 4.78 is 4.67. The van der Waals surface area contributed by atoms with Crippen molar-refractivity contribution in [2.24, 2.45) is 0 Å². The van der Waals surface area contributed by atoms with Crippen LogP contribution < -0.4 is 0 Å². The third-order valence-corrected chi connectivity index (χ3v) is 3.54. The third-order valence-electron chi connectivity index (χ3n) is 3.54. The highest BCUT2D eigenvalue weighted by Gasteiger charge is 2.10. The Morgan fingerprint density at radius 2 is 1.86 bits per heavy atom. The molecule has 1 aromatic carbocycles. The number of amides is 1. The van der Waals surface area contributed by atoms with Gasteiger partial charge in [0.1, 0.15) is 11.0 Å². The summed E-state index contributed by atoms with van der Waals surface area (Å²) in [7, 11) is 1.81. The SMILES string of the molecule is CN(Cc1ccc2nonc2c1)C(=O)CCc1ccncc1. The van der Waals surface area contributed by atoms with Gasteiger partial charge in [-0.15, -0.1) is 0 Å². The lowest BCUT2D eigenvalue weighted by Crippen LogP contribution is -2.26. The number of hydrogen-bond acceptors (Lipinski definition) is 5. The average molecular weight is 296 g/mol. The Kier molecular flexibility index (Phi) is 4.09. The van der Waals surface area contributed by atoms with Crippen molar-refractivity contribution < 1.29 is 9.42 Å². The maximum Gasteiger partial charge on any atom is 0.222 e. The summed E-state index contributed by atoms with van der Waals surface area (Å²) in [5.74, 6) is 0.107. The Bertz CT molecular complexity index is 770. The molecule has 0 spiro atoms. The topological polar surface area (TPSA) is 72.1 Å². The lowest BCUT2D eigenvalue weighted by Gasteiger charge is -2.17. The first-order valence-electron chi connectivity index (χ1n) is 7.06. The normalized spacial score (nSPS) is 10.8. The Balaban J connectivity index is 1.58. The molecule has 3 aromatic rings. The standard InChI is InChI=1S/C16H16N4O2/c1-20(16(21)5-3-12-6-8-17-9-7-12)11-13-2-4-14-15(10-13)19-22-18-14/h2,4,6-10H,3,5,11H2,1H3. The van der Waals surface area contributed by atoms with Crippen molar-refractivity contribution in [3.63, 3.8) is 0 Å². The number of carbonyl (C=O) groups excluding carboxylic acids is 1. The first kappa shape index (κ1) is 14.2. The number of nitrogens with zero attached hydrogens (tertiary/aromatic N) is 4. The minimum absolute atomic E-state index is 0.107. The summed E-state index contributed by atoms with van der Waals surface area (Å²) in [5, 5.41) is 7.58. The fourth-order valence-corrected chi connectivity index (χ4v) is 2.28. The van der Waals surface area contributed by atoms with E-state index in [1.165, 1.54) is 0 Å². The molecule has 0 aliphatic carbocycles. The second-order valence-electron chi connectivity index (χ2n) is 5.19.